The molecule has 1 atom stereocenters. The van der Waals surface area contributed by atoms with Gasteiger partial charge in [0.15, 0.2) is 0 Å². The van der Waals surface area contributed by atoms with Gasteiger partial charge in [0.2, 0.25) is 0 Å². The van der Waals surface area contributed by atoms with Crippen molar-refractivity contribution in [2.75, 3.05) is 6.54 Å². The number of nitrogens with one attached hydrogen (secondary N) is 1. The Morgan fingerprint density at radius 3 is 2.52 bits per heavy atom. The molecule has 1 unspecified atom stereocenters. The highest BCUT2D eigenvalue weighted by Gasteiger charge is 2.21. The van der Waals surface area contributed by atoms with E-state index in [4.69, 9.17) is 11.6 Å². The molecular formula is C16H21ClFN3. The van der Waals surface area contributed by atoms with Gasteiger partial charge in [-0.2, -0.15) is 5.10 Å². The fourth-order valence-corrected chi connectivity index (χ4v) is 2.72. The van der Waals surface area contributed by atoms with Crippen LogP contribution in [-0.2, 0) is 6.42 Å². The Kier molecular flexibility index (Phi) is 5.37. The van der Waals surface area contributed by atoms with Crippen LogP contribution in [0.1, 0.15) is 44.1 Å². The van der Waals surface area contributed by atoms with Crippen LogP contribution in [0, 0.1) is 5.82 Å². The molecule has 2 rings (SSSR count). The summed E-state index contributed by atoms with van der Waals surface area (Å²) in [4.78, 5) is 0. The molecule has 1 heterocycles. The number of rotatable bonds is 6. The van der Waals surface area contributed by atoms with Gasteiger partial charge in [0, 0.05) is 6.04 Å². The van der Waals surface area contributed by atoms with Crippen molar-refractivity contribution in [2.45, 2.75) is 39.3 Å². The van der Waals surface area contributed by atoms with Crippen LogP contribution in [0.15, 0.2) is 30.5 Å². The summed E-state index contributed by atoms with van der Waals surface area (Å²) in [6.07, 6.45) is 2.43. The Balaban J connectivity index is 2.30. The summed E-state index contributed by atoms with van der Waals surface area (Å²) < 4.78 is 15.0. The van der Waals surface area contributed by atoms with Crippen LogP contribution < -0.4 is 5.32 Å². The van der Waals surface area contributed by atoms with E-state index in [0.717, 1.165) is 24.2 Å². The normalized spacial score (nSPS) is 12.9. The second-order valence-corrected chi connectivity index (χ2v) is 5.76. The number of benzene rings is 1. The maximum Gasteiger partial charge on any atom is 0.123 e. The van der Waals surface area contributed by atoms with E-state index in [9.17, 15) is 4.39 Å². The van der Waals surface area contributed by atoms with E-state index in [0.29, 0.717) is 5.02 Å². The average Bonchev–Trinajstić information content (AvgIpc) is 2.83. The van der Waals surface area contributed by atoms with Gasteiger partial charge in [-0.1, -0.05) is 30.7 Å². The Labute approximate surface area is 130 Å². The first-order valence-electron chi connectivity index (χ1n) is 7.23. The zero-order chi connectivity index (χ0) is 15.4. The molecule has 0 amide bonds. The fourth-order valence-electron chi connectivity index (χ4n) is 2.46. The Hall–Kier alpha value is -1.39. The fraction of sp³-hybridized carbons (Fsp3) is 0.438. The summed E-state index contributed by atoms with van der Waals surface area (Å²) in [5.74, 6) is -0.219. The molecule has 0 saturated carbocycles. The van der Waals surface area contributed by atoms with Gasteiger partial charge in [-0.3, -0.25) is 4.68 Å². The highest BCUT2D eigenvalue weighted by molar-refractivity contribution is 6.31. The van der Waals surface area contributed by atoms with E-state index in [1.807, 2.05) is 16.8 Å². The molecule has 114 valence electrons. The first-order valence-corrected chi connectivity index (χ1v) is 7.61. The lowest BCUT2D eigenvalue weighted by atomic mass is 10.0. The maximum atomic E-state index is 13.0. The van der Waals surface area contributed by atoms with Crippen molar-refractivity contribution in [3.63, 3.8) is 0 Å². The van der Waals surface area contributed by atoms with E-state index in [1.165, 1.54) is 12.1 Å². The predicted molar refractivity (Wildman–Crippen MR) is 84.1 cm³/mol. The minimum Gasteiger partial charge on any atom is -0.309 e. The van der Waals surface area contributed by atoms with E-state index in [2.05, 4.69) is 31.2 Å². The molecular weight excluding hydrogens is 289 g/mol. The zero-order valence-corrected chi connectivity index (χ0v) is 13.4. The SMILES string of the molecule is CCNC(Cc1ccc(F)cc1)c1c(Cl)cnn1C(C)C. The molecule has 2 aromatic rings. The summed E-state index contributed by atoms with van der Waals surface area (Å²) in [5.41, 5.74) is 2.05. The molecule has 0 saturated heterocycles. The minimum atomic E-state index is -0.219. The van der Waals surface area contributed by atoms with Crippen LogP contribution in [0.3, 0.4) is 0 Å². The van der Waals surface area contributed by atoms with Crippen molar-refractivity contribution in [3.8, 4) is 0 Å². The van der Waals surface area contributed by atoms with Gasteiger partial charge in [-0.15, -0.1) is 0 Å². The monoisotopic (exact) mass is 309 g/mol. The van der Waals surface area contributed by atoms with E-state index < -0.39 is 0 Å². The zero-order valence-electron chi connectivity index (χ0n) is 12.6. The van der Waals surface area contributed by atoms with E-state index >= 15 is 0 Å². The van der Waals surface area contributed by atoms with Gasteiger partial charge in [0.05, 0.1) is 23.0 Å². The average molecular weight is 310 g/mol. The third-order valence-electron chi connectivity index (χ3n) is 3.41. The second-order valence-electron chi connectivity index (χ2n) is 5.36. The van der Waals surface area contributed by atoms with Gasteiger partial charge in [-0.05, 0) is 44.5 Å². The molecule has 1 aromatic carbocycles. The number of hydrogen-bond acceptors (Lipinski definition) is 2. The van der Waals surface area contributed by atoms with Crippen LogP contribution in [0.25, 0.3) is 0 Å². The molecule has 21 heavy (non-hydrogen) atoms. The Bertz CT molecular complexity index is 578. The third kappa shape index (κ3) is 3.83. The minimum absolute atomic E-state index is 0.0536. The first-order chi connectivity index (χ1) is 10.0. The van der Waals surface area contributed by atoms with E-state index in [1.54, 1.807) is 6.20 Å². The number of nitrogens with zero attached hydrogens (tertiary/aromatic N) is 2. The number of halogens is 2. The summed E-state index contributed by atoms with van der Waals surface area (Å²) in [6.45, 7) is 7.04. The van der Waals surface area contributed by atoms with Crippen LogP contribution in [0.5, 0.6) is 0 Å². The topological polar surface area (TPSA) is 29.9 Å². The largest absolute Gasteiger partial charge is 0.309 e. The van der Waals surface area contributed by atoms with Gasteiger partial charge in [0.25, 0.3) is 0 Å². The Morgan fingerprint density at radius 1 is 1.29 bits per heavy atom. The second kappa shape index (κ2) is 7.05. The van der Waals surface area contributed by atoms with Crippen molar-refractivity contribution in [1.82, 2.24) is 15.1 Å². The Morgan fingerprint density at radius 2 is 1.95 bits per heavy atom. The van der Waals surface area contributed by atoms with Crippen LogP contribution in [0.4, 0.5) is 4.39 Å². The van der Waals surface area contributed by atoms with Crippen LogP contribution >= 0.6 is 11.6 Å². The van der Waals surface area contributed by atoms with Crippen LogP contribution in [0.2, 0.25) is 5.02 Å². The van der Waals surface area contributed by atoms with Crippen molar-refractivity contribution in [1.29, 1.82) is 0 Å². The molecule has 0 bridgehead atoms. The molecule has 0 radical (unpaired) electrons. The lowest BCUT2D eigenvalue weighted by molar-refractivity contribution is 0.448. The molecule has 1 aromatic heterocycles. The molecule has 3 nitrogen and oxygen atoms in total. The van der Waals surface area contributed by atoms with Crippen LogP contribution in [-0.4, -0.2) is 16.3 Å². The van der Waals surface area contributed by atoms with Crippen molar-refractivity contribution < 1.29 is 4.39 Å². The standard InChI is InChI=1S/C16H21ClFN3/c1-4-19-15(9-12-5-7-13(18)8-6-12)16-14(17)10-20-21(16)11(2)3/h5-8,10-11,15,19H,4,9H2,1-3H3. The molecule has 5 heteroatoms. The lowest BCUT2D eigenvalue weighted by Crippen LogP contribution is -2.26. The molecule has 0 aliphatic heterocycles. The van der Waals surface area contributed by atoms with E-state index in [-0.39, 0.29) is 17.9 Å². The predicted octanol–water partition coefficient (Wildman–Crippen LogP) is 4.15. The first kappa shape index (κ1) is 16.0. The third-order valence-corrected chi connectivity index (χ3v) is 3.70. The number of likely N-dealkylation sites (N-methyl/N-ethyl adjacent to an activating group) is 1. The quantitative estimate of drug-likeness (QED) is 0.868. The number of hydrogen-bond donors (Lipinski definition) is 1. The van der Waals surface area contributed by atoms with Gasteiger partial charge < -0.3 is 5.32 Å². The molecule has 0 fully saturated rings. The van der Waals surface area contributed by atoms with Crippen molar-refractivity contribution >= 4 is 11.6 Å². The highest BCUT2D eigenvalue weighted by Crippen LogP contribution is 2.28. The van der Waals surface area contributed by atoms with Gasteiger partial charge in [0.1, 0.15) is 5.82 Å². The molecule has 0 aliphatic rings. The smallest absolute Gasteiger partial charge is 0.123 e. The van der Waals surface area contributed by atoms with Gasteiger partial charge in [-0.25, -0.2) is 4.39 Å². The van der Waals surface area contributed by atoms with Crippen molar-refractivity contribution in [2.24, 2.45) is 0 Å². The molecule has 1 N–H and O–H groups in total. The lowest BCUT2D eigenvalue weighted by Gasteiger charge is -2.22. The molecule has 0 spiro atoms. The summed E-state index contributed by atoms with van der Waals surface area (Å²) in [5, 5.41) is 8.47. The summed E-state index contributed by atoms with van der Waals surface area (Å²) in [6, 6.07) is 6.88. The van der Waals surface area contributed by atoms with Crippen molar-refractivity contribution in [3.05, 3.63) is 52.6 Å². The number of aromatic nitrogens is 2. The summed E-state index contributed by atoms with van der Waals surface area (Å²) in [7, 11) is 0. The maximum absolute atomic E-state index is 13.0. The summed E-state index contributed by atoms with van der Waals surface area (Å²) >= 11 is 6.33. The molecule has 0 aliphatic carbocycles. The van der Waals surface area contributed by atoms with Gasteiger partial charge >= 0.3 is 0 Å². The highest BCUT2D eigenvalue weighted by atomic mass is 35.5.